The topological polar surface area (TPSA) is 384 Å². The molecule has 0 spiro atoms. The van der Waals surface area contributed by atoms with E-state index < -0.39 is 28.0 Å². The zero-order valence-electron chi connectivity index (χ0n) is 75.4. The number of benzene rings is 7. The highest BCUT2D eigenvalue weighted by atomic mass is 16.5. The number of nitrogens with zero attached hydrogens (tertiary/aromatic N) is 15. The largest absolute Gasteiger partial charge is 0.481 e. The van der Waals surface area contributed by atoms with E-state index in [-0.39, 0.29) is 41.9 Å². The summed E-state index contributed by atoms with van der Waals surface area (Å²) in [6.45, 7) is 27.8. The molecule has 664 valence electrons. The molecule has 28 nitrogen and oxygen atoms in total. The number of Topliss-reactive ketones (excluding diaryl/α,β-unsaturated/α-hetero) is 5. The lowest BCUT2D eigenvalue weighted by Gasteiger charge is -2.30. The number of amidine groups is 5. The van der Waals surface area contributed by atoms with Gasteiger partial charge in [-0.2, -0.15) is 0 Å². The minimum absolute atomic E-state index is 0.124. The molecule has 10 aliphatic rings. The number of aromatic nitrogens is 5. The van der Waals surface area contributed by atoms with Crippen LogP contribution in [0, 0.1) is 90.0 Å². The van der Waals surface area contributed by atoms with E-state index >= 15 is 0 Å². The number of methoxy groups -OCH3 is 1. The van der Waals surface area contributed by atoms with Crippen molar-refractivity contribution in [3.05, 3.63) is 276 Å². The Balaban J connectivity index is 0.000000110. The van der Waals surface area contributed by atoms with E-state index in [4.69, 9.17) is 15.5 Å². The Hall–Kier alpha value is -14.1. The molecule has 5 atom stereocenters. The minimum Gasteiger partial charge on any atom is -0.481 e. The molecule has 7 aromatic carbocycles. The van der Waals surface area contributed by atoms with Crippen molar-refractivity contribution in [3.8, 4) is 5.88 Å². The molecule has 5 fully saturated rings. The van der Waals surface area contributed by atoms with Gasteiger partial charge < -0.3 is 65.6 Å². The first-order chi connectivity index (χ1) is 62.4. The molecular weight excluding hydrogens is 1650 g/mol. The number of aliphatic imine (C=N–C) groups is 5. The van der Waals surface area contributed by atoms with Gasteiger partial charge in [0.1, 0.15) is 29.2 Å². The van der Waals surface area contributed by atoms with Gasteiger partial charge in [0, 0.05) is 132 Å². The fraction of sp³-hybridized carbons (Fsp3) is 0.291. The lowest BCUT2D eigenvalue weighted by Crippen LogP contribution is -2.49. The van der Waals surface area contributed by atoms with E-state index in [1.54, 1.807) is 44.2 Å². The molecule has 0 radical (unpaired) electrons. The second kappa shape index (κ2) is 32.8. The highest BCUT2D eigenvalue weighted by Crippen LogP contribution is 2.48. The number of rotatable bonds is 7. The number of anilines is 6. The average molecular weight is 1750 g/mol. The van der Waals surface area contributed by atoms with Gasteiger partial charge in [0.15, 0.2) is 28.0 Å². The van der Waals surface area contributed by atoms with Crippen LogP contribution in [0.2, 0.25) is 0 Å². The van der Waals surface area contributed by atoms with Crippen molar-refractivity contribution in [1.82, 2.24) is 24.9 Å². The van der Waals surface area contributed by atoms with Gasteiger partial charge in [-0.05, 0) is 267 Å². The van der Waals surface area contributed by atoms with E-state index in [0.717, 1.165) is 123 Å². The molecule has 0 aliphatic carbocycles. The number of aliphatic hydroxyl groups is 6. The molecule has 131 heavy (non-hydrogen) atoms. The van der Waals surface area contributed by atoms with Gasteiger partial charge in [0.2, 0.25) is 34.8 Å². The Labute approximate surface area is 756 Å². The summed E-state index contributed by atoms with van der Waals surface area (Å²) in [5.41, 5.74) is 23.6. The molecule has 5 aromatic heterocycles. The van der Waals surface area contributed by atoms with Crippen LogP contribution in [0.3, 0.4) is 0 Å². The Kier molecular flexibility index (Phi) is 21.9. The monoisotopic (exact) mass is 1750 g/mol. The van der Waals surface area contributed by atoms with Crippen molar-refractivity contribution in [1.29, 1.82) is 0 Å². The van der Waals surface area contributed by atoms with E-state index in [9.17, 15) is 54.6 Å². The maximum Gasteiger partial charge on any atom is 0.216 e. The summed E-state index contributed by atoms with van der Waals surface area (Å²) < 4.78 is 5.21. The fourth-order valence-corrected chi connectivity index (χ4v) is 18.9. The molecule has 0 saturated carbocycles. The number of aryl methyl sites for hydroxylation is 13. The average Bonchev–Trinajstić information content (AvgIpc) is 1.62. The zero-order chi connectivity index (χ0) is 92.7. The van der Waals surface area contributed by atoms with Crippen LogP contribution in [0.25, 0.3) is 21.8 Å². The van der Waals surface area contributed by atoms with Gasteiger partial charge in [-0.1, -0.05) is 23.8 Å². The second-order valence-electron chi connectivity index (χ2n) is 35.7. The van der Waals surface area contributed by atoms with Crippen LogP contribution < -0.4 is 35.0 Å². The number of ether oxygens (including phenoxy) is 1. The Bertz CT molecular complexity index is 6970. The van der Waals surface area contributed by atoms with Crippen LogP contribution >= 0.6 is 0 Å². The van der Waals surface area contributed by atoms with Crippen molar-refractivity contribution in [2.75, 3.05) is 70.1 Å². The molecule has 12 aromatic rings. The molecule has 5 saturated heterocycles. The number of hydrogen-bond donors (Lipinski definition) is 7. The van der Waals surface area contributed by atoms with Gasteiger partial charge in [-0.25, -0.2) is 29.9 Å². The van der Waals surface area contributed by atoms with E-state index in [0.29, 0.717) is 161 Å². The summed E-state index contributed by atoms with van der Waals surface area (Å²) in [6.07, 6.45) is 10.1. The van der Waals surface area contributed by atoms with E-state index in [1.807, 2.05) is 248 Å². The predicted molar refractivity (Wildman–Crippen MR) is 509 cm³/mol. The van der Waals surface area contributed by atoms with Gasteiger partial charge in [0.25, 0.3) is 0 Å². The van der Waals surface area contributed by atoms with Crippen LogP contribution in [-0.4, -0.2) is 181 Å². The Morgan fingerprint density at radius 1 is 0.344 bits per heavy atom. The quantitative estimate of drug-likeness (QED) is 0.0779. The smallest absolute Gasteiger partial charge is 0.216 e. The molecule has 10 aliphatic heterocycles. The van der Waals surface area contributed by atoms with Crippen LogP contribution in [0.15, 0.2) is 195 Å². The van der Waals surface area contributed by atoms with E-state index in [2.05, 4.69) is 44.9 Å². The number of pyridine rings is 5. The molecular formula is C103H100N16O12. The van der Waals surface area contributed by atoms with Crippen LogP contribution in [0.1, 0.15) is 162 Å². The summed E-state index contributed by atoms with van der Waals surface area (Å²) in [4.78, 5) is 120. The zero-order valence-corrected chi connectivity index (χ0v) is 75.4. The lowest BCUT2D eigenvalue weighted by molar-refractivity contribution is 0.0599. The van der Waals surface area contributed by atoms with Gasteiger partial charge >= 0.3 is 0 Å². The Morgan fingerprint density at radius 2 is 0.748 bits per heavy atom. The highest BCUT2D eigenvalue weighted by molar-refractivity contribution is 6.33. The lowest BCUT2D eigenvalue weighted by atomic mass is 9.85. The number of fused-ring (bicyclic) bond motifs is 12. The first-order valence-electron chi connectivity index (χ1n) is 43.7. The number of aliphatic hydroxyl groups excluding tert-OH is 1. The summed E-state index contributed by atoms with van der Waals surface area (Å²) in [7, 11) is 1.58. The first-order valence-corrected chi connectivity index (χ1v) is 43.7. The van der Waals surface area contributed by atoms with Crippen molar-refractivity contribution in [2.45, 2.75) is 157 Å². The first kappa shape index (κ1) is 87.6. The number of hydrogen-bond acceptors (Lipinski definition) is 28. The molecule has 8 N–H and O–H groups in total. The summed E-state index contributed by atoms with van der Waals surface area (Å²) in [6, 6.07) is 44.0. The van der Waals surface area contributed by atoms with Crippen molar-refractivity contribution in [3.63, 3.8) is 0 Å². The molecule has 0 amide bonds. The van der Waals surface area contributed by atoms with E-state index in [1.165, 1.54) is 0 Å². The minimum atomic E-state index is -1.60. The number of nitrogen functional groups attached to an aromatic ring is 1. The second-order valence-corrected chi connectivity index (χ2v) is 35.7. The predicted octanol–water partition coefficient (Wildman–Crippen LogP) is 15.1. The molecule has 0 bridgehead atoms. The molecule has 22 rings (SSSR count). The standard InChI is InChI=1S/C22H19N3O2.C21H18N4O2.2C20H21N3O3.C20H21N3O2/c1-13-10-14(2)19-18(11-13)24-21-22(27,20(19)26)7-9-25(21)16-5-6-17-15(12-16)4-3-8-23-17;1-12-2-4-18-16(8-12)19(26)21(27)6-7-25(20(21)24-18)15-3-5-17-13(10-15)9-14(22)11-23-17;1-11-8-15-16(9-12(11)2)22-19-20(25,17(15)24)5-6-23(19)14-7-13(3)18(26-4)21-10-14;1-11-7-15-16(8-12(11)2)22-19-20(26,18(15)25)4-5-23(19)14-6-13(3)17(10-24)21-9-14;1-11-8-16-17(9-12(11)2)22-19-20(25,18(16)24)5-6-23(19)15-7-13(3)14(4)21-10-15/h3-6,8,10-12,27H,7,9H2,1-2H3;2-5,8-11,27H,6-7,22H2,1H3;7-10,25H,5-6H2,1-4H3;6-9,24,26H,4-5,10H2,1-3H3;7-10,25H,5-6H2,1-4H3/t22-;21-;3*20-/m11111/s1. The van der Waals surface area contributed by atoms with Gasteiger partial charge in [0.05, 0.1) is 106 Å². The van der Waals surface area contributed by atoms with Crippen LogP contribution in [0.5, 0.6) is 5.88 Å². The van der Waals surface area contributed by atoms with Gasteiger partial charge in [-0.15, -0.1) is 0 Å². The maximum absolute atomic E-state index is 13.2. The number of carbonyl (C=O) groups excluding carboxylic acids is 5. The maximum atomic E-state index is 13.2. The van der Waals surface area contributed by atoms with Crippen LogP contribution in [0.4, 0.5) is 62.6 Å². The van der Waals surface area contributed by atoms with Crippen molar-refractivity contribution < 1.29 is 59.3 Å². The molecule has 15 heterocycles. The summed E-state index contributed by atoms with van der Waals surface area (Å²) in [5.74, 6) is 1.18. The highest BCUT2D eigenvalue weighted by Gasteiger charge is 2.58. The summed E-state index contributed by atoms with van der Waals surface area (Å²) in [5, 5.41) is 66.9. The number of carbonyl (C=O) groups is 5. The van der Waals surface area contributed by atoms with Crippen molar-refractivity contribution in [2.24, 2.45) is 25.0 Å². The third-order valence-corrected chi connectivity index (χ3v) is 27.0. The van der Waals surface area contributed by atoms with Crippen molar-refractivity contribution >= 4 is 142 Å². The number of nitrogens with two attached hydrogens (primary N) is 1. The Morgan fingerprint density at radius 3 is 1.21 bits per heavy atom. The number of ketones is 5. The fourth-order valence-electron chi connectivity index (χ4n) is 18.9. The SMILES string of the molecule is COc1ncc(N2CC[C@@]3(O)C(=O)c4cc(C)c(C)cc4N=C23)cc1C.Cc1cc(C)c2c(c1)N=C1N(c3ccc4ncccc4c3)CC[C@@]1(O)C2=O.Cc1cc2c(cc1C)C(=O)[C@]1(O)CCN(c3cnc(C)c(C)c3)C1=N2.Cc1cc2c(cc1C)C(=O)[C@]1(O)CCN(c3cnc(CO)c(C)c3)C1=N2.Cc1ccc2c(c1)C(=O)[C@]1(O)CCN(c3ccc4ncc(N)cc4c3)C1=N2. The third kappa shape index (κ3) is 14.9. The third-order valence-electron chi connectivity index (χ3n) is 27.0. The molecule has 0 unspecified atom stereocenters. The van der Waals surface area contributed by atoms with Crippen LogP contribution in [-0.2, 0) is 6.61 Å². The van der Waals surface area contributed by atoms with Gasteiger partial charge in [-0.3, -0.25) is 43.9 Å². The summed E-state index contributed by atoms with van der Waals surface area (Å²) >= 11 is 0. The molecule has 28 heteroatoms. The normalized spacial score (nSPS) is 21.4.